The number of benzene rings is 4. The zero-order valence-electron chi connectivity index (χ0n) is 32.0. The molecular formula is C42H48F2N4O8. The number of nitrogens with zero attached hydrogens (tertiary/aromatic N) is 4. The molecule has 6 rings (SSSR count). The van der Waals surface area contributed by atoms with Crippen LogP contribution in [0.1, 0.15) is 11.1 Å². The van der Waals surface area contributed by atoms with E-state index in [9.17, 15) is 28.6 Å². The summed E-state index contributed by atoms with van der Waals surface area (Å²) in [6.45, 7) is 3.16. The number of carbonyl (C=O) groups is 2. The lowest BCUT2D eigenvalue weighted by Crippen LogP contribution is -2.55. The van der Waals surface area contributed by atoms with Crippen LogP contribution in [-0.4, -0.2) is 113 Å². The van der Waals surface area contributed by atoms with Crippen molar-refractivity contribution in [3.05, 3.63) is 95.6 Å². The molecule has 0 saturated carbocycles. The molecule has 56 heavy (non-hydrogen) atoms. The van der Waals surface area contributed by atoms with Crippen molar-refractivity contribution in [1.82, 2.24) is 9.80 Å². The number of amides is 2. The van der Waals surface area contributed by atoms with Gasteiger partial charge in [0, 0.05) is 63.7 Å². The van der Waals surface area contributed by atoms with E-state index in [0.717, 1.165) is 11.4 Å². The first-order valence-corrected chi connectivity index (χ1v) is 18.5. The largest absolute Gasteiger partial charge is 0.502 e. The van der Waals surface area contributed by atoms with Crippen LogP contribution in [0.3, 0.4) is 0 Å². The number of methoxy groups -OCH3 is 4. The van der Waals surface area contributed by atoms with E-state index >= 15 is 0 Å². The van der Waals surface area contributed by atoms with E-state index in [1.807, 2.05) is 21.9 Å². The summed E-state index contributed by atoms with van der Waals surface area (Å²) in [7, 11) is 5.67. The maximum Gasteiger partial charge on any atom is 0.226 e. The van der Waals surface area contributed by atoms with Gasteiger partial charge in [0.1, 0.15) is 11.6 Å². The molecule has 0 bridgehead atoms. The Hall–Kier alpha value is -5.92. The summed E-state index contributed by atoms with van der Waals surface area (Å²) in [5, 5.41) is 21.4. The van der Waals surface area contributed by atoms with Crippen LogP contribution in [0.4, 0.5) is 20.2 Å². The predicted octanol–water partition coefficient (Wildman–Crippen LogP) is 5.13. The number of phenolic OH excluding ortho intramolecular Hbond substituents is 2. The van der Waals surface area contributed by atoms with Crippen molar-refractivity contribution in [3.63, 3.8) is 0 Å². The van der Waals surface area contributed by atoms with Gasteiger partial charge in [-0.05, 0) is 84.6 Å². The second-order valence-corrected chi connectivity index (χ2v) is 13.9. The molecule has 12 nitrogen and oxygen atoms in total. The van der Waals surface area contributed by atoms with Crippen molar-refractivity contribution < 1.29 is 47.5 Å². The highest BCUT2D eigenvalue weighted by atomic mass is 19.1. The van der Waals surface area contributed by atoms with Gasteiger partial charge in [0.05, 0.1) is 40.3 Å². The molecule has 4 aromatic carbocycles. The van der Waals surface area contributed by atoms with Gasteiger partial charge in [0.2, 0.25) is 23.3 Å². The molecule has 2 aliphatic heterocycles. The molecule has 0 spiro atoms. The number of hydrogen-bond acceptors (Lipinski definition) is 10. The molecule has 2 amide bonds. The van der Waals surface area contributed by atoms with Gasteiger partial charge in [-0.2, -0.15) is 0 Å². The van der Waals surface area contributed by atoms with Crippen LogP contribution in [0.15, 0.2) is 72.8 Å². The first-order valence-electron chi connectivity index (χ1n) is 18.5. The number of piperazine rings is 2. The third-order valence-electron chi connectivity index (χ3n) is 10.6. The van der Waals surface area contributed by atoms with Crippen LogP contribution in [0.2, 0.25) is 0 Å². The van der Waals surface area contributed by atoms with Crippen LogP contribution in [0.25, 0.3) is 0 Å². The molecule has 0 aromatic heterocycles. The Morgan fingerprint density at radius 3 is 1.16 bits per heavy atom. The average Bonchev–Trinajstić information content (AvgIpc) is 3.22. The van der Waals surface area contributed by atoms with Gasteiger partial charge in [-0.15, -0.1) is 0 Å². The van der Waals surface area contributed by atoms with E-state index in [0.29, 0.717) is 63.5 Å². The summed E-state index contributed by atoms with van der Waals surface area (Å²) in [4.78, 5) is 37.5. The van der Waals surface area contributed by atoms with Gasteiger partial charge >= 0.3 is 0 Å². The Bertz CT molecular complexity index is 1820. The Morgan fingerprint density at radius 2 is 0.875 bits per heavy atom. The minimum atomic E-state index is -0.922. The van der Waals surface area contributed by atoms with Crippen LogP contribution in [0.5, 0.6) is 34.5 Å². The van der Waals surface area contributed by atoms with Crippen molar-refractivity contribution >= 4 is 23.2 Å². The van der Waals surface area contributed by atoms with Crippen molar-refractivity contribution in [2.24, 2.45) is 11.8 Å². The number of ether oxygens (including phenoxy) is 4. The van der Waals surface area contributed by atoms with Gasteiger partial charge in [0.25, 0.3) is 0 Å². The molecule has 0 radical (unpaired) electrons. The van der Waals surface area contributed by atoms with E-state index in [1.54, 1.807) is 46.2 Å². The predicted molar refractivity (Wildman–Crippen MR) is 207 cm³/mol. The average molecular weight is 775 g/mol. The molecule has 298 valence electrons. The summed E-state index contributed by atoms with van der Waals surface area (Å²) in [6, 6.07) is 19.2. The first-order chi connectivity index (χ1) is 27.0. The lowest BCUT2D eigenvalue weighted by Gasteiger charge is -2.41. The summed E-state index contributed by atoms with van der Waals surface area (Å²) in [6.07, 6.45) is 0.171. The molecule has 14 heteroatoms. The second kappa shape index (κ2) is 17.7. The molecule has 0 aliphatic carbocycles. The maximum absolute atomic E-state index is 15.0. The second-order valence-electron chi connectivity index (χ2n) is 13.9. The zero-order valence-corrected chi connectivity index (χ0v) is 32.0. The Morgan fingerprint density at radius 1 is 0.554 bits per heavy atom. The van der Waals surface area contributed by atoms with E-state index in [-0.39, 0.29) is 70.8 Å². The monoisotopic (exact) mass is 774 g/mol. The molecule has 2 heterocycles. The Balaban J connectivity index is 1.37. The van der Waals surface area contributed by atoms with Gasteiger partial charge in [-0.3, -0.25) is 9.59 Å². The quantitative estimate of drug-likeness (QED) is 0.189. The summed E-state index contributed by atoms with van der Waals surface area (Å²) in [5.41, 5.74) is 2.64. The zero-order chi connectivity index (χ0) is 39.9. The number of phenols is 2. The molecule has 2 fully saturated rings. The summed E-state index contributed by atoms with van der Waals surface area (Å²) in [5.74, 6) is -2.81. The van der Waals surface area contributed by atoms with Gasteiger partial charge in [-0.1, -0.05) is 12.1 Å². The van der Waals surface area contributed by atoms with E-state index in [2.05, 4.69) is 0 Å². The fourth-order valence-electron chi connectivity index (χ4n) is 7.63. The molecule has 2 N–H and O–H groups in total. The fourth-order valence-corrected chi connectivity index (χ4v) is 7.63. The fraction of sp³-hybridized carbons (Fsp3) is 0.381. The highest BCUT2D eigenvalue weighted by Crippen LogP contribution is 2.41. The highest BCUT2D eigenvalue weighted by molar-refractivity contribution is 5.89. The number of rotatable bonds is 13. The van der Waals surface area contributed by atoms with E-state index in [1.165, 1.54) is 52.7 Å². The van der Waals surface area contributed by atoms with Gasteiger partial charge in [0.15, 0.2) is 23.0 Å². The van der Waals surface area contributed by atoms with Crippen molar-refractivity contribution in [2.75, 3.05) is 90.6 Å². The van der Waals surface area contributed by atoms with Crippen molar-refractivity contribution in [2.45, 2.75) is 12.8 Å². The van der Waals surface area contributed by atoms with E-state index < -0.39 is 11.8 Å². The molecule has 4 aromatic rings. The number of aromatic hydroxyl groups is 2. The minimum absolute atomic E-state index is 0.0853. The smallest absolute Gasteiger partial charge is 0.226 e. The van der Waals surface area contributed by atoms with Crippen LogP contribution in [-0.2, 0) is 22.4 Å². The van der Waals surface area contributed by atoms with Crippen LogP contribution in [0, 0.1) is 23.5 Å². The SMILES string of the molecule is COc1cc(C[C@H](C(=O)N2CCN(c3cccc(F)c3)CC2)[C@@H](Cc2cc(OC)c(O)c(OC)c2)C(=O)N2CCN(c3cccc(F)c3)CC2)cc(OC)c1O. The normalized spacial score (nSPS) is 15.6. The molecule has 2 saturated heterocycles. The maximum atomic E-state index is 15.0. The Labute approximate surface area is 325 Å². The number of halogens is 2. The van der Waals surface area contributed by atoms with E-state index in [4.69, 9.17) is 18.9 Å². The van der Waals surface area contributed by atoms with Gasteiger partial charge in [-0.25, -0.2) is 8.78 Å². The molecule has 2 atom stereocenters. The molecular weight excluding hydrogens is 726 g/mol. The standard InChI is InChI=1S/C42H48F2N4O8/c1-53-35-21-27(22-36(54-2)39(35)49)19-33(41(51)47-15-11-45(12-16-47)31-9-5-7-29(43)25-31)34(20-28-23-37(55-3)40(50)38(24-28)56-4)42(52)48-17-13-46(14-18-48)32-10-6-8-30(44)26-32/h5-10,21-26,33-34,49-50H,11-20H2,1-4H3/t33-,34+. The van der Waals surface area contributed by atoms with Crippen LogP contribution < -0.4 is 28.7 Å². The molecule has 0 unspecified atom stereocenters. The molecule has 2 aliphatic rings. The summed E-state index contributed by atoms with van der Waals surface area (Å²) < 4.78 is 50.0. The lowest BCUT2D eigenvalue weighted by molar-refractivity contribution is -0.146. The third kappa shape index (κ3) is 8.79. The van der Waals surface area contributed by atoms with Crippen molar-refractivity contribution in [1.29, 1.82) is 0 Å². The third-order valence-corrected chi connectivity index (χ3v) is 10.6. The Kier molecular flexibility index (Phi) is 12.6. The van der Waals surface area contributed by atoms with Crippen molar-refractivity contribution in [3.8, 4) is 34.5 Å². The number of carbonyl (C=O) groups excluding carboxylic acids is 2. The first kappa shape index (κ1) is 39.8. The van der Waals surface area contributed by atoms with Gasteiger partial charge < -0.3 is 48.8 Å². The number of hydrogen-bond donors (Lipinski definition) is 2. The lowest BCUT2D eigenvalue weighted by atomic mass is 9.80. The topological polar surface area (TPSA) is 124 Å². The number of anilines is 2. The van der Waals surface area contributed by atoms with Crippen LogP contribution >= 0.6 is 0 Å². The summed E-state index contributed by atoms with van der Waals surface area (Å²) >= 11 is 0. The minimum Gasteiger partial charge on any atom is -0.502 e. The highest BCUT2D eigenvalue weighted by Gasteiger charge is 2.40.